The summed E-state index contributed by atoms with van der Waals surface area (Å²) < 4.78 is 17.4. The summed E-state index contributed by atoms with van der Waals surface area (Å²) >= 11 is 5.44. The second-order valence-corrected chi connectivity index (χ2v) is 2.16. The standard InChI is InChI=1S/C7H6ClFO/c1-10-6-4-2-3-5(8)7(6)9/h2-4H,1H3. The summed E-state index contributed by atoms with van der Waals surface area (Å²) in [7, 11) is 1.40. The molecule has 0 amide bonds. The van der Waals surface area contributed by atoms with Crippen molar-refractivity contribution in [3.05, 3.63) is 29.0 Å². The Kier molecular flexibility index (Phi) is 2.12. The third kappa shape index (κ3) is 1.21. The quantitative estimate of drug-likeness (QED) is 0.613. The van der Waals surface area contributed by atoms with Crippen molar-refractivity contribution in [3.63, 3.8) is 0 Å². The van der Waals surface area contributed by atoms with Crippen molar-refractivity contribution in [1.29, 1.82) is 0 Å². The Labute approximate surface area is 63.4 Å². The summed E-state index contributed by atoms with van der Waals surface area (Å²) in [5.41, 5.74) is 0. The van der Waals surface area contributed by atoms with Gasteiger partial charge in [-0.3, -0.25) is 0 Å². The lowest BCUT2D eigenvalue weighted by atomic mass is 10.3. The highest BCUT2D eigenvalue weighted by Crippen LogP contribution is 2.23. The van der Waals surface area contributed by atoms with Gasteiger partial charge in [0.25, 0.3) is 0 Å². The van der Waals surface area contributed by atoms with E-state index >= 15 is 0 Å². The van der Waals surface area contributed by atoms with Crippen molar-refractivity contribution in [1.82, 2.24) is 0 Å². The summed E-state index contributed by atoms with van der Waals surface area (Å²) in [5, 5.41) is 0.0827. The van der Waals surface area contributed by atoms with E-state index in [-0.39, 0.29) is 10.8 Å². The first kappa shape index (κ1) is 7.35. The molecule has 0 aliphatic rings. The molecule has 1 rings (SSSR count). The number of rotatable bonds is 1. The highest BCUT2D eigenvalue weighted by molar-refractivity contribution is 6.30. The van der Waals surface area contributed by atoms with Crippen LogP contribution >= 0.6 is 11.6 Å². The van der Waals surface area contributed by atoms with Gasteiger partial charge in [0, 0.05) is 0 Å². The minimum atomic E-state index is -0.508. The largest absolute Gasteiger partial charge is 0.494 e. The van der Waals surface area contributed by atoms with Crippen LogP contribution in [0.3, 0.4) is 0 Å². The molecule has 1 aromatic carbocycles. The van der Waals surface area contributed by atoms with Crippen molar-refractivity contribution < 1.29 is 9.13 Å². The average molecular weight is 161 g/mol. The van der Waals surface area contributed by atoms with Crippen LogP contribution in [0.5, 0.6) is 5.75 Å². The normalized spacial score (nSPS) is 9.50. The van der Waals surface area contributed by atoms with Gasteiger partial charge in [-0.25, -0.2) is 4.39 Å². The molecular weight excluding hydrogens is 155 g/mol. The molecule has 0 aliphatic heterocycles. The molecule has 3 heteroatoms. The van der Waals surface area contributed by atoms with Gasteiger partial charge in [-0.2, -0.15) is 0 Å². The maximum absolute atomic E-state index is 12.7. The van der Waals surface area contributed by atoms with Gasteiger partial charge in [-0.1, -0.05) is 17.7 Å². The SMILES string of the molecule is COc1cccc(Cl)c1F. The van der Waals surface area contributed by atoms with Crippen LogP contribution in [0.2, 0.25) is 5.02 Å². The van der Waals surface area contributed by atoms with Gasteiger partial charge < -0.3 is 4.74 Å². The van der Waals surface area contributed by atoms with Gasteiger partial charge in [-0.05, 0) is 12.1 Å². The van der Waals surface area contributed by atoms with Crippen molar-refractivity contribution in [2.24, 2.45) is 0 Å². The van der Waals surface area contributed by atoms with Crippen LogP contribution in [0, 0.1) is 5.82 Å². The highest BCUT2D eigenvalue weighted by Gasteiger charge is 2.03. The van der Waals surface area contributed by atoms with Gasteiger partial charge in [0.05, 0.1) is 12.1 Å². The predicted octanol–water partition coefficient (Wildman–Crippen LogP) is 2.49. The Morgan fingerprint density at radius 3 is 2.70 bits per heavy atom. The maximum Gasteiger partial charge on any atom is 0.183 e. The molecule has 0 aliphatic carbocycles. The first-order valence-corrected chi connectivity index (χ1v) is 3.11. The molecule has 0 bridgehead atoms. The Morgan fingerprint density at radius 1 is 1.50 bits per heavy atom. The Balaban J connectivity index is 3.14. The number of ether oxygens (including phenoxy) is 1. The molecule has 54 valence electrons. The van der Waals surface area contributed by atoms with E-state index in [2.05, 4.69) is 4.74 Å². The molecule has 0 aromatic heterocycles. The van der Waals surface area contributed by atoms with E-state index in [1.807, 2.05) is 0 Å². The maximum atomic E-state index is 12.7. The van der Waals surface area contributed by atoms with Gasteiger partial charge in [0.1, 0.15) is 0 Å². The predicted molar refractivity (Wildman–Crippen MR) is 38.0 cm³/mol. The third-order valence-electron chi connectivity index (χ3n) is 1.14. The molecule has 0 heterocycles. The van der Waals surface area contributed by atoms with Crippen LogP contribution < -0.4 is 4.74 Å². The molecule has 0 spiro atoms. The molecule has 0 atom stereocenters. The molecule has 0 unspecified atom stereocenters. The van der Waals surface area contributed by atoms with Gasteiger partial charge in [0.15, 0.2) is 11.6 Å². The summed E-state index contributed by atoms with van der Waals surface area (Å²) in [6.07, 6.45) is 0. The second-order valence-electron chi connectivity index (χ2n) is 1.76. The lowest BCUT2D eigenvalue weighted by Gasteiger charge is -2.00. The van der Waals surface area contributed by atoms with Crippen LogP contribution in [0.15, 0.2) is 18.2 Å². The monoisotopic (exact) mass is 160 g/mol. The van der Waals surface area contributed by atoms with Crippen LogP contribution in [0.25, 0.3) is 0 Å². The molecule has 0 radical (unpaired) electrons. The van der Waals surface area contributed by atoms with Gasteiger partial charge >= 0.3 is 0 Å². The molecule has 1 aromatic rings. The molecule has 1 nitrogen and oxygen atoms in total. The second kappa shape index (κ2) is 2.88. The number of benzene rings is 1. The molecular formula is C7H6ClFO. The fourth-order valence-corrected chi connectivity index (χ4v) is 0.808. The minimum Gasteiger partial charge on any atom is -0.494 e. The average Bonchev–Trinajstić information content (AvgIpc) is 1.95. The van der Waals surface area contributed by atoms with E-state index in [4.69, 9.17) is 11.6 Å². The van der Waals surface area contributed by atoms with E-state index in [1.54, 1.807) is 6.07 Å². The van der Waals surface area contributed by atoms with Gasteiger partial charge in [-0.15, -0.1) is 0 Å². The lowest BCUT2D eigenvalue weighted by molar-refractivity contribution is 0.386. The number of hydrogen-bond acceptors (Lipinski definition) is 1. The Hall–Kier alpha value is -0.760. The fourth-order valence-electron chi connectivity index (χ4n) is 0.642. The van der Waals surface area contributed by atoms with Crippen molar-refractivity contribution in [2.75, 3.05) is 7.11 Å². The number of methoxy groups -OCH3 is 1. The van der Waals surface area contributed by atoms with E-state index in [0.29, 0.717) is 0 Å². The van der Waals surface area contributed by atoms with Crippen molar-refractivity contribution >= 4 is 11.6 Å². The molecule has 10 heavy (non-hydrogen) atoms. The summed E-state index contributed by atoms with van der Waals surface area (Å²) in [6.45, 7) is 0. The Bertz CT molecular complexity index is 237. The highest BCUT2D eigenvalue weighted by atomic mass is 35.5. The Morgan fingerprint density at radius 2 is 2.20 bits per heavy atom. The first-order chi connectivity index (χ1) is 4.75. The zero-order chi connectivity index (χ0) is 7.56. The molecule has 0 fully saturated rings. The van der Waals surface area contributed by atoms with E-state index in [0.717, 1.165) is 0 Å². The zero-order valence-corrected chi connectivity index (χ0v) is 6.15. The topological polar surface area (TPSA) is 9.23 Å². The first-order valence-electron chi connectivity index (χ1n) is 2.73. The molecule has 0 saturated carbocycles. The third-order valence-corrected chi connectivity index (χ3v) is 1.43. The van der Waals surface area contributed by atoms with E-state index in [9.17, 15) is 4.39 Å². The minimum absolute atomic E-state index is 0.0827. The van der Waals surface area contributed by atoms with Crippen LogP contribution in [0.4, 0.5) is 4.39 Å². The summed E-state index contributed by atoms with van der Waals surface area (Å²) in [6, 6.07) is 4.62. The van der Waals surface area contributed by atoms with Crippen molar-refractivity contribution in [3.8, 4) is 5.75 Å². The van der Waals surface area contributed by atoms with E-state index in [1.165, 1.54) is 19.2 Å². The van der Waals surface area contributed by atoms with E-state index < -0.39 is 5.82 Å². The lowest BCUT2D eigenvalue weighted by Crippen LogP contribution is -1.87. The zero-order valence-electron chi connectivity index (χ0n) is 5.40. The number of hydrogen-bond donors (Lipinski definition) is 0. The fraction of sp³-hybridized carbons (Fsp3) is 0.143. The summed E-state index contributed by atoms with van der Waals surface area (Å²) in [4.78, 5) is 0. The van der Waals surface area contributed by atoms with Crippen LogP contribution in [-0.4, -0.2) is 7.11 Å². The van der Waals surface area contributed by atoms with Crippen molar-refractivity contribution in [2.45, 2.75) is 0 Å². The smallest absolute Gasteiger partial charge is 0.183 e. The van der Waals surface area contributed by atoms with Crippen LogP contribution in [-0.2, 0) is 0 Å². The number of halogens is 2. The van der Waals surface area contributed by atoms with Crippen LogP contribution in [0.1, 0.15) is 0 Å². The van der Waals surface area contributed by atoms with Gasteiger partial charge in [0.2, 0.25) is 0 Å². The molecule has 0 N–H and O–H groups in total. The summed E-state index contributed by atoms with van der Waals surface area (Å²) in [5.74, 6) is -0.334. The molecule has 0 saturated heterocycles.